The highest BCUT2D eigenvalue weighted by Gasteiger charge is 2.08. The van der Waals surface area contributed by atoms with Gasteiger partial charge in [0.25, 0.3) is 0 Å². The van der Waals surface area contributed by atoms with Gasteiger partial charge in [-0.1, -0.05) is 30.3 Å². The number of anilines is 1. The smallest absolute Gasteiger partial charge is 0.171 e. The predicted octanol–water partition coefficient (Wildman–Crippen LogP) is 4.66. The van der Waals surface area contributed by atoms with Gasteiger partial charge in [0.2, 0.25) is 0 Å². The zero-order chi connectivity index (χ0) is 15.4. The van der Waals surface area contributed by atoms with Crippen LogP contribution in [-0.2, 0) is 0 Å². The molecular formula is C18H22N2S. The summed E-state index contributed by atoms with van der Waals surface area (Å²) in [5.41, 5.74) is 6.08. The van der Waals surface area contributed by atoms with E-state index in [0.29, 0.717) is 5.11 Å². The quantitative estimate of drug-likeness (QED) is 0.806. The first-order valence-corrected chi connectivity index (χ1v) is 7.58. The van der Waals surface area contributed by atoms with Crippen LogP contribution in [0, 0.1) is 20.8 Å². The summed E-state index contributed by atoms with van der Waals surface area (Å²) >= 11 is 5.39. The normalized spacial score (nSPS) is 11.8. The number of hydrogen-bond donors (Lipinski definition) is 2. The molecule has 1 atom stereocenters. The Hall–Kier alpha value is -1.87. The Labute approximate surface area is 132 Å². The van der Waals surface area contributed by atoms with Crippen molar-refractivity contribution >= 4 is 23.0 Å². The van der Waals surface area contributed by atoms with E-state index in [4.69, 9.17) is 12.2 Å². The van der Waals surface area contributed by atoms with E-state index >= 15 is 0 Å². The first-order valence-electron chi connectivity index (χ1n) is 7.17. The lowest BCUT2D eigenvalue weighted by molar-refractivity contribution is 0.721. The van der Waals surface area contributed by atoms with Gasteiger partial charge in [-0.3, -0.25) is 0 Å². The van der Waals surface area contributed by atoms with Crippen molar-refractivity contribution < 1.29 is 0 Å². The van der Waals surface area contributed by atoms with E-state index in [0.717, 1.165) is 5.69 Å². The molecule has 2 N–H and O–H groups in total. The zero-order valence-electron chi connectivity index (χ0n) is 13.0. The summed E-state index contributed by atoms with van der Waals surface area (Å²) in [6.45, 7) is 8.45. The van der Waals surface area contributed by atoms with Crippen LogP contribution in [0.5, 0.6) is 0 Å². The Morgan fingerprint density at radius 1 is 1.00 bits per heavy atom. The van der Waals surface area contributed by atoms with E-state index in [1.54, 1.807) is 0 Å². The molecule has 0 aliphatic heterocycles. The van der Waals surface area contributed by atoms with Crippen molar-refractivity contribution in [1.82, 2.24) is 5.32 Å². The lowest BCUT2D eigenvalue weighted by Gasteiger charge is -2.18. The average molecular weight is 298 g/mol. The summed E-state index contributed by atoms with van der Waals surface area (Å²) in [5, 5.41) is 7.21. The Morgan fingerprint density at radius 3 is 2.43 bits per heavy atom. The number of thiocarbonyl (C=S) groups is 1. The number of nitrogens with one attached hydrogen (secondary N) is 2. The van der Waals surface area contributed by atoms with Crippen molar-refractivity contribution in [1.29, 1.82) is 0 Å². The summed E-state index contributed by atoms with van der Waals surface area (Å²) in [5.74, 6) is 0. The van der Waals surface area contributed by atoms with Gasteiger partial charge in [-0.2, -0.15) is 0 Å². The van der Waals surface area contributed by atoms with E-state index in [1.807, 2.05) is 12.1 Å². The summed E-state index contributed by atoms with van der Waals surface area (Å²) < 4.78 is 0. The van der Waals surface area contributed by atoms with E-state index < -0.39 is 0 Å². The second kappa shape index (κ2) is 6.72. The van der Waals surface area contributed by atoms with E-state index in [-0.39, 0.29) is 6.04 Å². The molecule has 0 fully saturated rings. The average Bonchev–Trinajstić information content (AvgIpc) is 2.41. The minimum absolute atomic E-state index is 0.175. The fourth-order valence-electron chi connectivity index (χ4n) is 2.20. The largest absolute Gasteiger partial charge is 0.356 e. The molecule has 0 saturated carbocycles. The van der Waals surface area contributed by atoms with E-state index in [9.17, 15) is 0 Å². The van der Waals surface area contributed by atoms with Crippen molar-refractivity contribution in [3.05, 3.63) is 64.7 Å². The molecule has 0 amide bonds. The van der Waals surface area contributed by atoms with Crippen molar-refractivity contribution in [2.45, 2.75) is 33.7 Å². The third-order valence-corrected chi connectivity index (χ3v) is 3.87. The van der Waals surface area contributed by atoms with Gasteiger partial charge < -0.3 is 10.6 Å². The minimum atomic E-state index is 0.175. The van der Waals surface area contributed by atoms with Gasteiger partial charge in [0, 0.05) is 5.69 Å². The lowest BCUT2D eigenvalue weighted by Crippen LogP contribution is -2.30. The molecule has 2 rings (SSSR count). The molecule has 2 aromatic rings. The highest BCUT2D eigenvalue weighted by Crippen LogP contribution is 2.17. The summed E-state index contributed by atoms with van der Waals surface area (Å²) in [6, 6.07) is 14.9. The highest BCUT2D eigenvalue weighted by molar-refractivity contribution is 7.80. The monoisotopic (exact) mass is 298 g/mol. The lowest BCUT2D eigenvalue weighted by atomic mass is 10.0. The van der Waals surface area contributed by atoms with Crippen LogP contribution < -0.4 is 10.6 Å². The van der Waals surface area contributed by atoms with Gasteiger partial charge in [0.1, 0.15) is 0 Å². The van der Waals surface area contributed by atoms with Gasteiger partial charge in [-0.05, 0) is 74.3 Å². The predicted molar refractivity (Wildman–Crippen MR) is 94.9 cm³/mol. The number of benzene rings is 2. The summed E-state index contributed by atoms with van der Waals surface area (Å²) in [7, 11) is 0. The molecule has 110 valence electrons. The first-order chi connectivity index (χ1) is 9.95. The maximum Gasteiger partial charge on any atom is 0.171 e. The Balaban J connectivity index is 2.00. The molecule has 0 unspecified atom stereocenters. The zero-order valence-corrected chi connectivity index (χ0v) is 13.8. The van der Waals surface area contributed by atoms with Gasteiger partial charge >= 0.3 is 0 Å². The fraction of sp³-hybridized carbons (Fsp3) is 0.278. The number of hydrogen-bond acceptors (Lipinski definition) is 1. The van der Waals surface area contributed by atoms with Gasteiger partial charge in [0.15, 0.2) is 5.11 Å². The topological polar surface area (TPSA) is 24.1 Å². The number of aryl methyl sites for hydroxylation is 3. The van der Waals surface area contributed by atoms with E-state index in [1.165, 1.54) is 22.3 Å². The standard InChI is InChI=1S/C18H22N2S/c1-12-6-5-7-17(10-12)20-18(21)19-15(4)16-9-8-13(2)14(3)11-16/h5-11,15H,1-4H3,(H2,19,20,21)/t15-/m0/s1. The number of rotatable bonds is 3. The molecule has 2 nitrogen and oxygen atoms in total. The molecule has 0 aliphatic carbocycles. The summed E-state index contributed by atoms with van der Waals surface area (Å²) in [4.78, 5) is 0. The van der Waals surface area contributed by atoms with Crippen molar-refractivity contribution in [3.8, 4) is 0 Å². The molecule has 0 radical (unpaired) electrons. The van der Waals surface area contributed by atoms with Crippen molar-refractivity contribution in [2.24, 2.45) is 0 Å². The molecule has 0 heterocycles. The van der Waals surface area contributed by atoms with Crippen molar-refractivity contribution in [2.75, 3.05) is 5.32 Å². The molecule has 3 heteroatoms. The fourth-order valence-corrected chi connectivity index (χ4v) is 2.50. The van der Waals surface area contributed by atoms with Crippen LogP contribution in [0.4, 0.5) is 5.69 Å². The maximum absolute atomic E-state index is 5.39. The Morgan fingerprint density at radius 2 is 1.76 bits per heavy atom. The molecule has 0 aromatic heterocycles. The molecule has 0 saturated heterocycles. The van der Waals surface area contributed by atoms with Crippen molar-refractivity contribution in [3.63, 3.8) is 0 Å². The van der Waals surface area contributed by atoms with Gasteiger partial charge in [-0.15, -0.1) is 0 Å². The first kappa shape index (κ1) is 15.5. The third kappa shape index (κ3) is 4.30. The molecule has 0 spiro atoms. The molecule has 0 aliphatic rings. The van der Waals surface area contributed by atoms with E-state index in [2.05, 4.69) is 68.7 Å². The SMILES string of the molecule is Cc1cccc(NC(=S)N[C@@H](C)c2ccc(C)c(C)c2)c1. The second-order valence-electron chi connectivity index (χ2n) is 5.53. The molecular weight excluding hydrogens is 276 g/mol. The minimum Gasteiger partial charge on any atom is -0.356 e. The van der Waals surface area contributed by atoms with Crippen LogP contribution in [0.2, 0.25) is 0 Å². The molecule has 0 bridgehead atoms. The highest BCUT2D eigenvalue weighted by atomic mass is 32.1. The third-order valence-electron chi connectivity index (χ3n) is 3.65. The maximum atomic E-state index is 5.39. The van der Waals surface area contributed by atoms with Crippen LogP contribution in [0.1, 0.15) is 35.2 Å². The molecule has 21 heavy (non-hydrogen) atoms. The Kier molecular flexibility index (Phi) is 4.97. The van der Waals surface area contributed by atoms with Crippen LogP contribution in [0.25, 0.3) is 0 Å². The van der Waals surface area contributed by atoms with Crippen LogP contribution in [-0.4, -0.2) is 5.11 Å². The molecule has 2 aromatic carbocycles. The summed E-state index contributed by atoms with van der Waals surface area (Å²) in [6.07, 6.45) is 0. The van der Waals surface area contributed by atoms with Crippen LogP contribution >= 0.6 is 12.2 Å². The van der Waals surface area contributed by atoms with Gasteiger partial charge in [0.05, 0.1) is 6.04 Å². The van der Waals surface area contributed by atoms with Crippen LogP contribution in [0.15, 0.2) is 42.5 Å². The Bertz CT molecular complexity index is 649. The van der Waals surface area contributed by atoms with Crippen LogP contribution in [0.3, 0.4) is 0 Å². The van der Waals surface area contributed by atoms with Gasteiger partial charge in [-0.25, -0.2) is 0 Å². The second-order valence-corrected chi connectivity index (χ2v) is 5.94.